The predicted octanol–water partition coefficient (Wildman–Crippen LogP) is 4.37. The molecule has 1 unspecified atom stereocenters. The molecule has 1 fully saturated rings. The number of rotatable bonds is 7. The first-order chi connectivity index (χ1) is 19.0. The van der Waals surface area contributed by atoms with Crippen molar-refractivity contribution < 1.29 is 22.7 Å². The molecule has 1 atom stereocenters. The van der Waals surface area contributed by atoms with Crippen molar-refractivity contribution >= 4 is 11.7 Å². The normalized spacial score (nSPS) is 19.6. The van der Waals surface area contributed by atoms with Gasteiger partial charge in [-0.25, -0.2) is 13.2 Å². The first kappa shape index (κ1) is 27.2. The number of amidine groups is 1. The number of nitrogens with zero attached hydrogens (tertiary/aromatic N) is 4. The minimum absolute atomic E-state index is 0.182. The molecule has 1 saturated heterocycles. The highest BCUT2D eigenvalue weighted by molar-refractivity contribution is 6.03. The van der Waals surface area contributed by atoms with E-state index in [4.69, 9.17) is 10.5 Å². The summed E-state index contributed by atoms with van der Waals surface area (Å²) in [4.78, 5) is 26.2. The van der Waals surface area contributed by atoms with Crippen LogP contribution in [0.2, 0.25) is 0 Å². The molecular weight excluding hydrogens is 525 g/mol. The molecule has 0 aliphatic carbocycles. The topological polar surface area (TPSA) is 114 Å². The number of hydrazone groups is 1. The number of carbonyl (C=O) groups is 1. The maximum absolute atomic E-state index is 14.6. The maximum atomic E-state index is 14.6. The number of fused-ring (bicyclic) bond motifs is 3. The van der Waals surface area contributed by atoms with Crippen molar-refractivity contribution in [3.05, 3.63) is 70.0 Å². The highest BCUT2D eigenvalue weighted by Gasteiger charge is 2.55. The van der Waals surface area contributed by atoms with Gasteiger partial charge >= 0.3 is 0 Å². The second-order valence-corrected chi connectivity index (χ2v) is 10.3. The van der Waals surface area contributed by atoms with Crippen LogP contribution in [0.5, 0.6) is 5.75 Å². The molecule has 1 aromatic heterocycles. The monoisotopic (exact) mass is 554 g/mol. The summed E-state index contributed by atoms with van der Waals surface area (Å²) in [5.74, 6) is -3.51. The minimum Gasteiger partial charge on any atom is -0.496 e. The second kappa shape index (κ2) is 10.00. The number of hydrogen-bond donors (Lipinski definition) is 2. The van der Waals surface area contributed by atoms with E-state index in [2.05, 4.69) is 15.7 Å². The van der Waals surface area contributed by atoms with E-state index in [0.29, 0.717) is 41.1 Å². The Bertz CT molecular complexity index is 1520. The largest absolute Gasteiger partial charge is 0.496 e. The zero-order valence-corrected chi connectivity index (χ0v) is 22.3. The Morgan fingerprint density at radius 3 is 2.55 bits per heavy atom. The van der Waals surface area contributed by atoms with Crippen molar-refractivity contribution in [1.29, 1.82) is 0 Å². The van der Waals surface area contributed by atoms with Gasteiger partial charge in [0.05, 0.1) is 30.5 Å². The molecule has 5 rings (SSSR count). The fraction of sp³-hybridized carbons (Fsp3) is 0.357. The van der Waals surface area contributed by atoms with E-state index in [0.717, 1.165) is 16.0 Å². The van der Waals surface area contributed by atoms with Gasteiger partial charge in [-0.05, 0) is 54.8 Å². The smallest absolute Gasteiger partial charge is 0.271 e. The van der Waals surface area contributed by atoms with Crippen LogP contribution in [0.15, 0.2) is 52.7 Å². The first-order valence-electron chi connectivity index (χ1n) is 12.7. The lowest BCUT2D eigenvalue weighted by atomic mass is 9.91. The number of carbonyl (C=O) groups excluding carboxylic acids is 1. The van der Waals surface area contributed by atoms with E-state index >= 15 is 0 Å². The Balaban J connectivity index is 1.73. The number of nitroso groups, excluding NO2 is 1. The first-order valence-corrected chi connectivity index (χ1v) is 12.7. The highest BCUT2D eigenvalue weighted by atomic mass is 19.3. The number of amides is 1. The van der Waals surface area contributed by atoms with Gasteiger partial charge in [0, 0.05) is 31.1 Å². The third kappa shape index (κ3) is 4.56. The van der Waals surface area contributed by atoms with Gasteiger partial charge in [-0.2, -0.15) is 10.0 Å². The fourth-order valence-electron chi connectivity index (χ4n) is 5.80. The molecule has 0 saturated carbocycles. The molecule has 2 aliphatic heterocycles. The summed E-state index contributed by atoms with van der Waals surface area (Å²) >= 11 is 0. The van der Waals surface area contributed by atoms with Gasteiger partial charge in [0.25, 0.3) is 11.8 Å². The van der Waals surface area contributed by atoms with E-state index in [-0.39, 0.29) is 11.5 Å². The van der Waals surface area contributed by atoms with E-state index in [1.165, 1.54) is 26.2 Å². The highest BCUT2D eigenvalue weighted by Crippen LogP contribution is 2.45. The van der Waals surface area contributed by atoms with Crippen LogP contribution >= 0.6 is 0 Å². The number of alkyl halides is 2. The Morgan fingerprint density at radius 2 is 1.90 bits per heavy atom. The Hall–Kier alpha value is -4.35. The van der Waals surface area contributed by atoms with Gasteiger partial charge in [-0.15, -0.1) is 0 Å². The van der Waals surface area contributed by atoms with E-state index in [1.54, 1.807) is 29.8 Å². The third-order valence-corrected chi connectivity index (χ3v) is 7.60. The van der Waals surface area contributed by atoms with E-state index in [1.807, 2.05) is 12.1 Å². The number of nitrogens with two attached hydrogens (primary N) is 1. The molecular formula is C28H29F3N6O3. The summed E-state index contributed by atoms with van der Waals surface area (Å²) in [5.41, 5.74) is 11.7. The van der Waals surface area contributed by atoms with Crippen LogP contribution in [-0.2, 0) is 13.0 Å². The van der Waals surface area contributed by atoms with Gasteiger partial charge in [-0.3, -0.25) is 4.79 Å². The van der Waals surface area contributed by atoms with E-state index in [9.17, 15) is 22.9 Å². The number of methoxy groups -OCH3 is 1. The molecule has 3 N–H and O–H groups in total. The van der Waals surface area contributed by atoms with Crippen molar-refractivity contribution in [2.24, 2.45) is 16.0 Å². The molecule has 1 amide bonds. The lowest BCUT2D eigenvalue weighted by Crippen LogP contribution is -2.47. The van der Waals surface area contributed by atoms with Crippen molar-refractivity contribution in [3.8, 4) is 28.1 Å². The molecule has 0 radical (unpaired) electrons. The van der Waals surface area contributed by atoms with Gasteiger partial charge in [0.1, 0.15) is 23.8 Å². The molecule has 2 aromatic carbocycles. The molecule has 0 bridgehead atoms. The van der Waals surface area contributed by atoms with Gasteiger partial charge in [0.2, 0.25) is 0 Å². The predicted molar refractivity (Wildman–Crippen MR) is 145 cm³/mol. The minimum atomic E-state index is -3.16. The SMILES string of the molecule is CN/N=C(\N)c1cc2c(cc1OC)CCn1c(C(=O)N3CC(F)(F)CC3(C)CN=O)cc(-c3ccc(F)cc3)c1-2. The number of nitrogens with one attached hydrogen (secondary N) is 1. The summed E-state index contributed by atoms with van der Waals surface area (Å²) in [5, 5.41) is 6.94. The number of aromatic nitrogens is 1. The lowest BCUT2D eigenvalue weighted by Gasteiger charge is -2.33. The van der Waals surface area contributed by atoms with Crippen molar-refractivity contribution in [2.45, 2.75) is 37.8 Å². The number of halogens is 3. The Labute approximate surface area is 228 Å². The summed E-state index contributed by atoms with van der Waals surface area (Å²) in [6.45, 7) is 0.550. The molecule has 9 nitrogen and oxygen atoms in total. The summed E-state index contributed by atoms with van der Waals surface area (Å²) < 4.78 is 50.3. The van der Waals surface area contributed by atoms with Crippen LogP contribution in [-0.4, -0.2) is 59.9 Å². The van der Waals surface area contributed by atoms with Crippen LogP contribution in [0.4, 0.5) is 13.2 Å². The molecule has 2 aliphatic rings. The van der Waals surface area contributed by atoms with Crippen LogP contribution in [0.1, 0.15) is 35.0 Å². The number of benzene rings is 2. The van der Waals surface area contributed by atoms with Crippen LogP contribution < -0.4 is 15.9 Å². The zero-order valence-electron chi connectivity index (χ0n) is 22.3. The average Bonchev–Trinajstić information content (AvgIpc) is 3.42. The lowest BCUT2D eigenvalue weighted by molar-refractivity contribution is 0.0112. The maximum Gasteiger partial charge on any atom is 0.271 e. The summed E-state index contributed by atoms with van der Waals surface area (Å²) in [6.07, 6.45) is -0.144. The van der Waals surface area contributed by atoms with E-state index < -0.39 is 42.7 Å². The van der Waals surface area contributed by atoms with Gasteiger partial charge in [0.15, 0.2) is 5.84 Å². The second-order valence-electron chi connectivity index (χ2n) is 10.3. The van der Waals surface area contributed by atoms with Crippen LogP contribution in [0, 0.1) is 10.7 Å². The molecule has 40 heavy (non-hydrogen) atoms. The van der Waals surface area contributed by atoms with Crippen LogP contribution in [0.25, 0.3) is 22.4 Å². The van der Waals surface area contributed by atoms with Gasteiger partial charge < -0.3 is 25.4 Å². The Morgan fingerprint density at radius 1 is 1.18 bits per heavy atom. The summed E-state index contributed by atoms with van der Waals surface area (Å²) in [7, 11) is 3.14. The molecule has 3 aromatic rings. The Kier molecular flexibility index (Phi) is 6.80. The standard InChI is InChI=1S/C28H29F3N6O3/c1-27(14-34-39)13-28(30,31)15-37(27)26(38)22-12-20(16-4-6-18(29)7-5-16)24-19-11-21(25(32)35-33-2)23(40-3)10-17(19)8-9-36(22)24/h4-7,10-12,33H,8-9,13-15H2,1-3H3,(H2,32,35). The quantitative estimate of drug-likeness (QED) is 0.195. The number of likely N-dealkylation sites (tertiary alicyclic amines) is 1. The van der Waals surface area contributed by atoms with Crippen molar-refractivity contribution in [3.63, 3.8) is 0 Å². The van der Waals surface area contributed by atoms with Crippen LogP contribution in [0.3, 0.4) is 0 Å². The van der Waals surface area contributed by atoms with Crippen molar-refractivity contribution in [2.75, 3.05) is 27.2 Å². The molecule has 0 spiro atoms. The number of hydrogen-bond acceptors (Lipinski definition) is 6. The van der Waals surface area contributed by atoms with Gasteiger partial charge in [-0.1, -0.05) is 17.3 Å². The molecule has 210 valence electrons. The third-order valence-electron chi connectivity index (χ3n) is 7.60. The number of ether oxygens (including phenoxy) is 1. The molecule has 3 heterocycles. The number of aryl methyl sites for hydroxylation is 1. The zero-order chi connectivity index (χ0) is 28.8. The summed E-state index contributed by atoms with van der Waals surface area (Å²) in [6, 6.07) is 11.1. The molecule has 12 heteroatoms. The van der Waals surface area contributed by atoms with Crippen molar-refractivity contribution in [1.82, 2.24) is 14.9 Å². The fourth-order valence-corrected chi connectivity index (χ4v) is 5.80. The average molecular weight is 555 g/mol.